The van der Waals surface area contributed by atoms with Crippen molar-refractivity contribution in [2.75, 3.05) is 12.4 Å². The van der Waals surface area contributed by atoms with Crippen molar-refractivity contribution in [2.45, 2.75) is 5.67 Å². The zero-order chi connectivity index (χ0) is 19.2. The molecule has 0 saturated heterocycles. The van der Waals surface area contributed by atoms with Crippen LogP contribution in [0.4, 0.5) is 9.39 Å². The van der Waals surface area contributed by atoms with Gasteiger partial charge in [0.05, 0.1) is 12.7 Å². The molecule has 4 nitrogen and oxygen atoms in total. The molecule has 0 saturated carbocycles. The van der Waals surface area contributed by atoms with Gasteiger partial charge in [-0.15, -0.1) is 11.3 Å². The van der Waals surface area contributed by atoms with E-state index in [0.29, 0.717) is 21.2 Å². The summed E-state index contributed by atoms with van der Waals surface area (Å²) in [7, 11) is 1.52. The molecule has 2 heterocycles. The molecule has 0 bridgehead atoms. The number of ketones is 1. The first-order valence-corrected chi connectivity index (χ1v) is 9.23. The Morgan fingerprint density at radius 1 is 1.07 bits per heavy atom. The average molecular weight is 402 g/mol. The molecule has 7 heteroatoms. The normalized spacial score (nSPS) is 18.8. The van der Waals surface area contributed by atoms with Gasteiger partial charge >= 0.3 is 0 Å². The summed E-state index contributed by atoms with van der Waals surface area (Å²) in [5, 5.41) is 2.75. The molecule has 0 radical (unpaired) electrons. The van der Waals surface area contributed by atoms with Crippen molar-refractivity contribution in [3.63, 3.8) is 0 Å². The third-order valence-electron chi connectivity index (χ3n) is 4.48. The number of thiophene rings is 1. The van der Waals surface area contributed by atoms with Crippen molar-refractivity contribution >= 4 is 39.6 Å². The summed E-state index contributed by atoms with van der Waals surface area (Å²) >= 11 is 7.40. The summed E-state index contributed by atoms with van der Waals surface area (Å²) in [4.78, 5) is 25.7. The molecule has 1 unspecified atom stereocenters. The van der Waals surface area contributed by atoms with Crippen LogP contribution in [0.3, 0.4) is 0 Å². The number of carbonyl (C=O) groups excluding carboxylic acids is 2. The van der Waals surface area contributed by atoms with Crippen molar-refractivity contribution < 1.29 is 18.7 Å². The van der Waals surface area contributed by atoms with Gasteiger partial charge in [0.1, 0.15) is 15.1 Å². The van der Waals surface area contributed by atoms with Gasteiger partial charge in [-0.1, -0.05) is 54.1 Å². The maximum Gasteiger partial charge on any atom is 0.275 e. The van der Waals surface area contributed by atoms with Crippen molar-refractivity contribution in [3.8, 4) is 16.9 Å². The summed E-state index contributed by atoms with van der Waals surface area (Å²) in [6.45, 7) is 0. The monoisotopic (exact) mass is 401 g/mol. The second-order valence-electron chi connectivity index (χ2n) is 5.99. The fraction of sp³-hybridized carbons (Fsp3) is 0.100. The van der Waals surface area contributed by atoms with Crippen molar-refractivity contribution in [1.29, 1.82) is 0 Å². The Bertz CT molecular complexity index is 1070. The van der Waals surface area contributed by atoms with Crippen molar-refractivity contribution in [1.82, 2.24) is 0 Å². The molecular weight excluding hydrogens is 389 g/mol. The van der Waals surface area contributed by atoms with Crippen molar-refractivity contribution in [3.05, 3.63) is 70.1 Å². The molecule has 1 aliphatic rings. The number of hydrogen-bond donors (Lipinski definition) is 1. The fourth-order valence-corrected chi connectivity index (χ4v) is 4.52. The number of nitrogens with one attached hydrogen (secondary N) is 1. The standard InChI is InChI=1S/C20H13ClFNO3S/c1-26-13-9-5-6-11(10-13)14-15-16(24)20(22,12-7-3-2-4-8-12)19(25)23-18(15)27-17(14)21/h2-10H,1H3,(H,23,25). The number of amides is 1. The minimum atomic E-state index is -2.81. The first kappa shape index (κ1) is 17.7. The molecule has 1 atom stereocenters. The highest BCUT2D eigenvalue weighted by atomic mass is 35.5. The average Bonchev–Trinajstić information content (AvgIpc) is 3.02. The highest BCUT2D eigenvalue weighted by molar-refractivity contribution is 7.21. The Morgan fingerprint density at radius 2 is 1.81 bits per heavy atom. The van der Waals surface area contributed by atoms with Gasteiger partial charge in [0.2, 0.25) is 5.78 Å². The highest BCUT2D eigenvalue weighted by Crippen LogP contribution is 2.50. The molecular formula is C20H13ClFNO3S. The van der Waals surface area contributed by atoms with Crippen LogP contribution in [0.1, 0.15) is 15.9 Å². The third kappa shape index (κ3) is 2.64. The predicted octanol–water partition coefficient (Wildman–Crippen LogP) is 5.08. The Balaban J connectivity index is 1.93. The number of alkyl halides is 1. The zero-order valence-electron chi connectivity index (χ0n) is 14.1. The lowest BCUT2D eigenvalue weighted by molar-refractivity contribution is -0.125. The van der Waals surface area contributed by atoms with Gasteiger partial charge in [0.15, 0.2) is 0 Å². The molecule has 0 spiro atoms. The Hall–Kier alpha value is -2.70. The molecule has 2 aromatic carbocycles. The van der Waals surface area contributed by atoms with Gasteiger partial charge in [-0.25, -0.2) is 4.39 Å². The second-order valence-corrected chi connectivity index (χ2v) is 7.62. The predicted molar refractivity (Wildman–Crippen MR) is 104 cm³/mol. The van der Waals surface area contributed by atoms with Gasteiger partial charge in [-0.2, -0.15) is 0 Å². The molecule has 27 heavy (non-hydrogen) atoms. The van der Waals surface area contributed by atoms with E-state index in [9.17, 15) is 9.59 Å². The summed E-state index contributed by atoms with van der Waals surface area (Å²) in [6, 6.07) is 14.6. The van der Waals surface area contributed by atoms with Gasteiger partial charge in [0, 0.05) is 11.1 Å². The lowest BCUT2D eigenvalue weighted by Gasteiger charge is -2.28. The first-order valence-electron chi connectivity index (χ1n) is 8.04. The number of halogens is 2. The topological polar surface area (TPSA) is 55.4 Å². The van der Waals surface area contributed by atoms with E-state index >= 15 is 4.39 Å². The number of ether oxygens (including phenoxy) is 1. The van der Waals surface area contributed by atoms with E-state index < -0.39 is 17.4 Å². The number of rotatable bonds is 3. The van der Waals surface area contributed by atoms with Crippen LogP contribution in [0.25, 0.3) is 11.1 Å². The molecule has 1 aromatic heterocycles. The fourth-order valence-electron chi connectivity index (χ4n) is 3.14. The van der Waals surface area contributed by atoms with Crippen LogP contribution in [0.5, 0.6) is 5.75 Å². The molecule has 1 N–H and O–H groups in total. The largest absolute Gasteiger partial charge is 0.497 e. The Labute approximate surface area is 163 Å². The van der Waals surface area contributed by atoms with E-state index in [1.165, 1.54) is 19.2 Å². The Kier molecular flexibility index (Phi) is 4.25. The molecule has 136 valence electrons. The number of benzene rings is 2. The maximum atomic E-state index is 15.8. The summed E-state index contributed by atoms with van der Waals surface area (Å²) in [6.07, 6.45) is 0. The third-order valence-corrected chi connectivity index (χ3v) is 5.79. The van der Waals surface area contributed by atoms with Crippen LogP contribution < -0.4 is 10.1 Å². The van der Waals surface area contributed by atoms with Gasteiger partial charge < -0.3 is 10.1 Å². The smallest absolute Gasteiger partial charge is 0.275 e. The minimum absolute atomic E-state index is 0.0166. The van der Waals surface area contributed by atoms with E-state index in [-0.39, 0.29) is 16.1 Å². The van der Waals surface area contributed by atoms with Gasteiger partial charge in [-0.3, -0.25) is 9.59 Å². The number of methoxy groups -OCH3 is 1. The van der Waals surface area contributed by atoms with E-state index in [1.807, 2.05) is 0 Å². The minimum Gasteiger partial charge on any atom is -0.497 e. The number of Topliss-reactive ketones (excluding diaryl/α,β-unsaturated/α-hetero) is 1. The number of fused-ring (bicyclic) bond motifs is 1. The van der Waals surface area contributed by atoms with Crippen LogP contribution in [0, 0.1) is 0 Å². The van der Waals surface area contributed by atoms with Gasteiger partial charge in [-0.05, 0) is 17.7 Å². The summed E-state index contributed by atoms with van der Waals surface area (Å²) < 4.78 is 21.3. The van der Waals surface area contributed by atoms with E-state index in [4.69, 9.17) is 16.3 Å². The lowest BCUT2D eigenvalue weighted by atomic mass is 9.83. The van der Waals surface area contributed by atoms with E-state index in [1.54, 1.807) is 42.5 Å². The first-order chi connectivity index (χ1) is 13.0. The van der Waals surface area contributed by atoms with E-state index in [2.05, 4.69) is 5.32 Å². The van der Waals surface area contributed by atoms with E-state index in [0.717, 1.165) is 11.3 Å². The second kappa shape index (κ2) is 6.48. The zero-order valence-corrected chi connectivity index (χ0v) is 15.7. The van der Waals surface area contributed by atoms with Crippen LogP contribution in [-0.4, -0.2) is 18.8 Å². The van der Waals surface area contributed by atoms with Crippen LogP contribution >= 0.6 is 22.9 Å². The van der Waals surface area contributed by atoms with Crippen LogP contribution in [-0.2, 0) is 10.5 Å². The number of hydrogen-bond acceptors (Lipinski definition) is 4. The molecule has 1 aliphatic heterocycles. The molecule has 0 aliphatic carbocycles. The lowest BCUT2D eigenvalue weighted by Crippen LogP contribution is -2.47. The SMILES string of the molecule is COc1cccc(-c2c(Cl)sc3c2C(=O)C(F)(c2ccccc2)C(=O)N3)c1. The maximum absolute atomic E-state index is 15.8. The molecule has 4 rings (SSSR count). The number of carbonyl (C=O) groups is 2. The molecule has 0 fully saturated rings. The summed E-state index contributed by atoms with van der Waals surface area (Å²) in [5.41, 5.74) is -1.76. The Morgan fingerprint density at radius 3 is 2.52 bits per heavy atom. The van der Waals surface area contributed by atoms with Crippen molar-refractivity contribution in [2.24, 2.45) is 0 Å². The van der Waals surface area contributed by atoms with Gasteiger partial charge in [0.25, 0.3) is 11.6 Å². The molecule has 3 aromatic rings. The van der Waals surface area contributed by atoms with Crippen LogP contribution in [0.15, 0.2) is 54.6 Å². The van der Waals surface area contributed by atoms with Crippen LogP contribution in [0.2, 0.25) is 4.34 Å². The molecule has 1 amide bonds. The summed E-state index contributed by atoms with van der Waals surface area (Å²) in [5.74, 6) is -1.36. The quantitative estimate of drug-likeness (QED) is 0.623. The number of anilines is 1. The highest BCUT2D eigenvalue weighted by Gasteiger charge is 2.54.